The third-order valence-electron chi connectivity index (χ3n) is 2.68. The molecule has 104 valence electrons. The van der Waals surface area contributed by atoms with Crippen molar-refractivity contribution in [3.63, 3.8) is 0 Å². The van der Waals surface area contributed by atoms with Gasteiger partial charge in [0.05, 0.1) is 15.2 Å². The third kappa shape index (κ3) is 3.68. The van der Waals surface area contributed by atoms with E-state index in [1.54, 1.807) is 17.4 Å². The van der Waals surface area contributed by atoms with E-state index in [9.17, 15) is 5.11 Å². The zero-order valence-corrected chi connectivity index (χ0v) is 14.9. The first kappa shape index (κ1) is 15.2. The van der Waals surface area contributed by atoms with E-state index in [0.29, 0.717) is 16.9 Å². The van der Waals surface area contributed by atoms with Crippen LogP contribution in [0.25, 0.3) is 0 Å². The summed E-state index contributed by atoms with van der Waals surface area (Å²) in [5.74, 6) is 0.534. The summed E-state index contributed by atoms with van der Waals surface area (Å²) in [5.41, 5.74) is 1.10. The van der Waals surface area contributed by atoms with Crippen LogP contribution in [0.3, 0.4) is 0 Å². The second-order valence-corrected chi connectivity index (χ2v) is 7.88. The van der Waals surface area contributed by atoms with Gasteiger partial charge in [-0.05, 0) is 37.9 Å². The number of halogens is 2. The van der Waals surface area contributed by atoms with Gasteiger partial charge in [-0.2, -0.15) is 0 Å². The lowest BCUT2D eigenvalue weighted by molar-refractivity contribution is 0.148. The molecule has 0 aliphatic carbocycles. The maximum absolute atomic E-state index is 10.2. The van der Waals surface area contributed by atoms with Gasteiger partial charge in [0.15, 0.2) is 4.67 Å². The van der Waals surface area contributed by atoms with E-state index in [0.717, 1.165) is 15.2 Å². The predicted octanol–water partition coefficient (Wildman–Crippen LogP) is 4.83. The fourth-order valence-electron chi connectivity index (χ4n) is 1.54. The molecule has 2 aromatic heterocycles. The summed E-state index contributed by atoms with van der Waals surface area (Å²) in [4.78, 5) is 4.57. The molecule has 6 heteroatoms. The van der Waals surface area contributed by atoms with Gasteiger partial charge in [0.2, 0.25) is 0 Å². The molecule has 1 unspecified atom stereocenters. The van der Waals surface area contributed by atoms with E-state index in [2.05, 4.69) is 63.0 Å². The summed E-state index contributed by atoms with van der Waals surface area (Å²) in [5, 5.41) is 13.1. The predicted molar refractivity (Wildman–Crippen MR) is 83.6 cm³/mol. The van der Waals surface area contributed by atoms with Crippen LogP contribution in [-0.2, 0) is 11.8 Å². The Labute approximate surface area is 133 Å². The number of aromatic nitrogens is 1. The minimum absolute atomic E-state index is 0.0381. The molecule has 0 saturated carbocycles. The van der Waals surface area contributed by atoms with E-state index in [1.807, 2.05) is 0 Å². The van der Waals surface area contributed by atoms with Crippen molar-refractivity contribution in [3.05, 3.63) is 37.1 Å². The molecule has 0 radical (unpaired) electrons. The Balaban J connectivity index is 2.11. The summed E-state index contributed by atoms with van der Waals surface area (Å²) in [6.07, 6.45) is -0.214. The minimum Gasteiger partial charge on any atom is -0.450 e. The van der Waals surface area contributed by atoms with Crippen molar-refractivity contribution in [1.82, 2.24) is 4.98 Å². The highest BCUT2D eigenvalue weighted by atomic mass is 79.9. The monoisotopic (exact) mass is 407 g/mol. The molecule has 0 aliphatic heterocycles. The van der Waals surface area contributed by atoms with Gasteiger partial charge in [0.1, 0.15) is 11.9 Å². The third-order valence-corrected chi connectivity index (χ3v) is 5.26. The highest BCUT2D eigenvalue weighted by molar-refractivity contribution is 9.13. The second-order valence-electron chi connectivity index (χ2n) is 5.37. The van der Waals surface area contributed by atoms with E-state index >= 15 is 0 Å². The van der Waals surface area contributed by atoms with Crippen molar-refractivity contribution >= 4 is 43.2 Å². The summed E-state index contributed by atoms with van der Waals surface area (Å²) in [6, 6.07) is 1.77. The number of aliphatic hydroxyl groups excluding tert-OH is 1. The fourth-order valence-corrected chi connectivity index (χ4v) is 3.21. The molecule has 3 nitrogen and oxygen atoms in total. The van der Waals surface area contributed by atoms with Gasteiger partial charge >= 0.3 is 0 Å². The molecule has 0 aromatic carbocycles. The van der Waals surface area contributed by atoms with Crippen LogP contribution in [0.15, 0.2) is 25.0 Å². The lowest BCUT2D eigenvalue weighted by atomic mass is 9.93. The maximum atomic E-state index is 10.2. The molecular weight excluding hydrogens is 394 g/mol. The number of furan rings is 1. The molecule has 0 spiro atoms. The number of nitrogens with zero attached hydrogens (tertiary/aromatic N) is 1. The van der Waals surface area contributed by atoms with Crippen molar-refractivity contribution in [2.45, 2.75) is 38.7 Å². The standard InChI is InChI=1S/C13H15Br2NO2S/c1-13(2,3)10-6-19-11(16-10)5-8(17)9-4-7(14)12(15)18-9/h4,6,8,17H,5H2,1-3H3. The van der Waals surface area contributed by atoms with Crippen molar-refractivity contribution in [1.29, 1.82) is 0 Å². The highest BCUT2D eigenvalue weighted by Gasteiger charge is 2.20. The van der Waals surface area contributed by atoms with E-state index in [-0.39, 0.29) is 5.41 Å². The number of thiazole rings is 1. The summed E-state index contributed by atoms with van der Waals surface area (Å²) in [6.45, 7) is 6.38. The van der Waals surface area contributed by atoms with Gasteiger partial charge in [-0.3, -0.25) is 0 Å². The SMILES string of the molecule is CC(C)(C)c1csc(CC(O)c2cc(Br)c(Br)o2)n1. The molecule has 1 N–H and O–H groups in total. The molecule has 0 fully saturated rings. The number of rotatable bonds is 3. The molecule has 2 heterocycles. The first-order valence-electron chi connectivity index (χ1n) is 5.85. The first-order chi connectivity index (χ1) is 8.77. The van der Waals surface area contributed by atoms with E-state index in [4.69, 9.17) is 4.42 Å². The summed E-state index contributed by atoms with van der Waals surface area (Å²) >= 11 is 8.17. The summed E-state index contributed by atoms with van der Waals surface area (Å²) < 4.78 is 6.81. The molecular formula is C13H15Br2NO2S. The Morgan fingerprint density at radius 1 is 1.42 bits per heavy atom. The maximum Gasteiger partial charge on any atom is 0.183 e. The van der Waals surface area contributed by atoms with Crippen LogP contribution in [0.4, 0.5) is 0 Å². The van der Waals surface area contributed by atoms with Crippen LogP contribution in [0, 0.1) is 0 Å². The lowest BCUT2D eigenvalue weighted by Crippen LogP contribution is -2.11. The molecule has 0 bridgehead atoms. The molecule has 2 aromatic rings. The van der Waals surface area contributed by atoms with Crippen LogP contribution < -0.4 is 0 Å². The Bertz CT molecular complexity index is 552. The fraction of sp³-hybridized carbons (Fsp3) is 0.462. The number of aliphatic hydroxyl groups is 1. The smallest absolute Gasteiger partial charge is 0.183 e. The average Bonchev–Trinajstić information content (AvgIpc) is 2.86. The van der Waals surface area contributed by atoms with Gasteiger partial charge in [0, 0.05) is 17.2 Å². The highest BCUT2D eigenvalue weighted by Crippen LogP contribution is 2.32. The van der Waals surface area contributed by atoms with Crippen LogP contribution in [0.1, 0.15) is 43.3 Å². The van der Waals surface area contributed by atoms with E-state index < -0.39 is 6.10 Å². The topological polar surface area (TPSA) is 46.3 Å². The first-order valence-corrected chi connectivity index (χ1v) is 8.31. The van der Waals surface area contributed by atoms with Crippen LogP contribution in [-0.4, -0.2) is 10.1 Å². The Kier molecular flexibility index (Phi) is 4.55. The van der Waals surface area contributed by atoms with Gasteiger partial charge in [-0.1, -0.05) is 20.8 Å². The van der Waals surface area contributed by atoms with Crippen molar-refractivity contribution < 1.29 is 9.52 Å². The quantitative estimate of drug-likeness (QED) is 0.790. The zero-order valence-electron chi connectivity index (χ0n) is 10.9. The molecule has 19 heavy (non-hydrogen) atoms. The normalized spacial score (nSPS) is 13.8. The average molecular weight is 409 g/mol. The van der Waals surface area contributed by atoms with Gasteiger partial charge in [-0.25, -0.2) is 4.98 Å². The van der Waals surface area contributed by atoms with Crippen LogP contribution in [0.2, 0.25) is 0 Å². The molecule has 0 amide bonds. The Morgan fingerprint density at radius 3 is 2.58 bits per heavy atom. The number of hydrogen-bond acceptors (Lipinski definition) is 4. The zero-order chi connectivity index (χ0) is 14.2. The molecule has 2 rings (SSSR count). The summed E-state index contributed by atoms with van der Waals surface area (Å²) in [7, 11) is 0. The van der Waals surface area contributed by atoms with Crippen molar-refractivity contribution in [3.8, 4) is 0 Å². The molecule has 0 aliphatic rings. The van der Waals surface area contributed by atoms with Crippen molar-refractivity contribution in [2.24, 2.45) is 0 Å². The van der Waals surface area contributed by atoms with Gasteiger partial charge in [-0.15, -0.1) is 11.3 Å². The largest absolute Gasteiger partial charge is 0.450 e. The van der Waals surface area contributed by atoms with Crippen LogP contribution >= 0.6 is 43.2 Å². The number of hydrogen-bond donors (Lipinski definition) is 1. The van der Waals surface area contributed by atoms with Crippen molar-refractivity contribution in [2.75, 3.05) is 0 Å². The van der Waals surface area contributed by atoms with Crippen LogP contribution in [0.5, 0.6) is 0 Å². The Hall–Kier alpha value is -0.170. The van der Waals surface area contributed by atoms with Gasteiger partial charge < -0.3 is 9.52 Å². The lowest BCUT2D eigenvalue weighted by Gasteiger charge is -2.14. The second kappa shape index (κ2) is 5.68. The Morgan fingerprint density at radius 2 is 2.11 bits per heavy atom. The minimum atomic E-state index is -0.679. The molecule has 1 atom stereocenters. The van der Waals surface area contributed by atoms with Gasteiger partial charge in [0.25, 0.3) is 0 Å². The van der Waals surface area contributed by atoms with E-state index in [1.165, 1.54) is 0 Å². The molecule has 0 saturated heterocycles.